The van der Waals surface area contributed by atoms with Crippen LogP contribution in [0.3, 0.4) is 0 Å². The lowest BCUT2D eigenvalue weighted by Crippen LogP contribution is -2.16. The zero-order chi connectivity index (χ0) is 9.84. The van der Waals surface area contributed by atoms with Crippen LogP contribution in [0.2, 0.25) is 0 Å². The first-order valence-electron chi connectivity index (χ1n) is 3.86. The quantitative estimate of drug-likeness (QED) is 0.570. The number of nitrogens with two attached hydrogens (primary N) is 1. The number of aliphatic hydroxyl groups excluding tert-OH is 1. The molecule has 72 valence electrons. The maximum Gasteiger partial charge on any atom is 0.185 e. The average molecular weight is 184 g/mol. The summed E-state index contributed by atoms with van der Waals surface area (Å²) in [6.45, 7) is 0.329. The van der Waals surface area contributed by atoms with Gasteiger partial charge in [0.15, 0.2) is 17.8 Å². The summed E-state index contributed by atoms with van der Waals surface area (Å²) in [6.07, 6.45) is -0.273. The molecule has 0 saturated carbocycles. The Balaban J connectivity index is 2.86. The van der Waals surface area contributed by atoms with E-state index in [0.29, 0.717) is 18.5 Å². The average Bonchev–Trinajstić information content (AvgIpc) is 2.47. The third-order valence-electron chi connectivity index (χ3n) is 1.63. The monoisotopic (exact) mass is 184 g/mol. The smallest absolute Gasteiger partial charge is 0.185 e. The predicted molar refractivity (Wildman–Crippen MR) is 47.4 cm³/mol. The van der Waals surface area contributed by atoms with Gasteiger partial charge < -0.3 is 20.6 Å². The van der Waals surface area contributed by atoms with E-state index in [1.165, 1.54) is 6.07 Å². The molecule has 1 atom stereocenters. The van der Waals surface area contributed by atoms with Gasteiger partial charge in [0, 0.05) is 12.6 Å². The number of likely N-dealkylation sites (N-methyl/N-ethyl adjacent to an activating group) is 1. The molecule has 0 aliphatic rings. The molecule has 0 bridgehead atoms. The van der Waals surface area contributed by atoms with Gasteiger partial charge in [-0.2, -0.15) is 0 Å². The summed E-state index contributed by atoms with van der Waals surface area (Å²) in [7, 11) is 1.70. The molecule has 5 heteroatoms. The maximum absolute atomic E-state index is 10.3. The molecule has 0 aromatic carbocycles. The topological polar surface area (TPSA) is 88.5 Å². The number of carbonyl (C=O) groups excluding carboxylic acids is 1. The lowest BCUT2D eigenvalue weighted by atomic mass is 10.2. The Morgan fingerprint density at radius 3 is 3.00 bits per heavy atom. The standard InChI is InChI=1S/C8H12N2O3/c1-10-3-7(12)8-6(9)2-5(4-11)13-8/h2,4,7,10,12H,3,9H2,1H3. The van der Waals surface area contributed by atoms with Crippen LogP contribution in [0.15, 0.2) is 10.5 Å². The van der Waals surface area contributed by atoms with E-state index in [4.69, 9.17) is 10.2 Å². The van der Waals surface area contributed by atoms with E-state index in [-0.39, 0.29) is 11.5 Å². The van der Waals surface area contributed by atoms with Crippen molar-refractivity contribution in [3.05, 3.63) is 17.6 Å². The SMILES string of the molecule is CNCC(O)c1oc(C=O)cc1N. The molecule has 5 nitrogen and oxygen atoms in total. The summed E-state index contributed by atoms with van der Waals surface area (Å²) in [5.74, 6) is 0.360. The van der Waals surface area contributed by atoms with Gasteiger partial charge in [0.05, 0.1) is 5.69 Å². The number of carbonyl (C=O) groups is 1. The van der Waals surface area contributed by atoms with Gasteiger partial charge in [0.1, 0.15) is 6.10 Å². The minimum absolute atomic E-state index is 0.127. The molecule has 0 spiro atoms. The lowest BCUT2D eigenvalue weighted by Gasteiger charge is -2.06. The molecule has 1 unspecified atom stereocenters. The zero-order valence-corrected chi connectivity index (χ0v) is 7.28. The van der Waals surface area contributed by atoms with E-state index in [1.54, 1.807) is 7.05 Å². The molecule has 0 saturated heterocycles. The number of furan rings is 1. The minimum Gasteiger partial charge on any atom is -0.453 e. The Hall–Kier alpha value is -1.33. The summed E-state index contributed by atoms with van der Waals surface area (Å²) in [6, 6.07) is 1.39. The molecule has 0 aliphatic heterocycles. The number of nitrogen functional groups attached to an aromatic ring is 1. The van der Waals surface area contributed by atoms with Crippen LogP contribution in [-0.4, -0.2) is 25.0 Å². The second-order valence-electron chi connectivity index (χ2n) is 2.66. The van der Waals surface area contributed by atoms with Crippen molar-refractivity contribution in [3.63, 3.8) is 0 Å². The van der Waals surface area contributed by atoms with Gasteiger partial charge in [0.2, 0.25) is 0 Å². The summed E-state index contributed by atoms with van der Waals surface area (Å²) < 4.78 is 4.99. The highest BCUT2D eigenvalue weighted by Crippen LogP contribution is 2.23. The van der Waals surface area contributed by atoms with Crippen molar-refractivity contribution >= 4 is 12.0 Å². The van der Waals surface area contributed by atoms with E-state index < -0.39 is 6.10 Å². The zero-order valence-electron chi connectivity index (χ0n) is 7.28. The molecule has 0 aliphatic carbocycles. The van der Waals surface area contributed by atoms with Crippen LogP contribution in [0.5, 0.6) is 0 Å². The van der Waals surface area contributed by atoms with Crippen LogP contribution in [0.4, 0.5) is 5.69 Å². The van der Waals surface area contributed by atoms with Crippen molar-refractivity contribution in [1.29, 1.82) is 0 Å². The van der Waals surface area contributed by atoms with Crippen LogP contribution in [0.25, 0.3) is 0 Å². The third kappa shape index (κ3) is 2.07. The van der Waals surface area contributed by atoms with E-state index in [1.807, 2.05) is 0 Å². The summed E-state index contributed by atoms with van der Waals surface area (Å²) in [4.78, 5) is 10.3. The molecule has 1 heterocycles. The van der Waals surface area contributed by atoms with Crippen molar-refractivity contribution in [1.82, 2.24) is 5.32 Å². The number of aldehydes is 1. The molecule has 1 rings (SSSR count). The number of hydrogen-bond acceptors (Lipinski definition) is 5. The molecule has 1 aromatic rings. The highest BCUT2D eigenvalue weighted by atomic mass is 16.4. The van der Waals surface area contributed by atoms with Gasteiger partial charge in [-0.25, -0.2) is 0 Å². The van der Waals surface area contributed by atoms with Crippen LogP contribution < -0.4 is 11.1 Å². The van der Waals surface area contributed by atoms with Crippen molar-refractivity contribution in [2.75, 3.05) is 19.3 Å². The molecule has 1 aromatic heterocycles. The first-order valence-corrected chi connectivity index (χ1v) is 3.86. The van der Waals surface area contributed by atoms with Gasteiger partial charge >= 0.3 is 0 Å². The molecule has 4 N–H and O–H groups in total. The molecular formula is C8H12N2O3. The van der Waals surface area contributed by atoms with Crippen LogP contribution in [0, 0.1) is 0 Å². The molecular weight excluding hydrogens is 172 g/mol. The Labute approximate surface area is 75.5 Å². The molecule has 0 fully saturated rings. The number of rotatable bonds is 4. The molecule has 0 radical (unpaired) electrons. The number of anilines is 1. The number of nitrogens with one attached hydrogen (secondary N) is 1. The van der Waals surface area contributed by atoms with Gasteiger partial charge in [-0.15, -0.1) is 0 Å². The van der Waals surface area contributed by atoms with Crippen molar-refractivity contribution in [2.24, 2.45) is 0 Å². The first kappa shape index (κ1) is 9.76. The van der Waals surface area contributed by atoms with Gasteiger partial charge in [-0.3, -0.25) is 4.79 Å². The van der Waals surface area contributed by atoms with Gasteiger partial charge in [-0.05, 0) is 7.05 Å². The van der Waals surface area contributed by atoms with Crippen LogP contribution >= 0.6 is 0 Å². The Bertz CT molecular complexity index is 296. The highest BCUT2D eigenvalue weighted by Gasteiger charge is 2.15. The third-order valence-corrected chi connectivity index (χ3v) is 1.63. The Kier molecular flexibility index (Phi) is 3.05. The first-order chi connectivity index (χ1) is 6.19. The van der Waals surface area contributed by atoms with E-state index >= 15 is 0 Å². The van der Waals surface area contributed by atoms with Crippen molar-refractivity contribution < 1.29 is 14.3 Å². The Morgan fingerprint density at radius 2 is 2.54 bits per heavy atom. The van der Waals surface area contributed by atoms with E-state index in [2.05, 4.69) is 5.32 Å². The van der Waals surface area contributed by atoms with Crippen LogP contribution in [0.1, 0.15) is 22.4 Å². The van der Waals surface area contributed by atoms with Crippen molar-refractivity contribution in [2.45, 2.75) is 6.10 Å². The summed E-state index contributed by atoms with van der Waals surface area (Å²) >= 11 is 0. The van der Waals surface area contributed by atoms with Crippen molar-refractivity contribution in [3.8, 4) is 0 Å². The fraction of sp³-hybridized carbons (Fsp3) is 0.375. The minimum atomic E-state index is -0.821. The summed E-state index contributed by atoms with van der Waals surface area (Å²) in [5.41, 5.74) is 5.80. The fourth-order valence-electron chi connectivity index (χ4n) is 1.04. The lowest BCUT2D eigenvalue weighted by molar-refractivity contribution is 0.108. The van der Waals surface area contributed by atoms with E-state index in [9.17, 15) is 9.90 Å². The second kappa shape index (κ2) is 4.06. The fourth-order valence-corrected chi connectivity index (χ4v) is 1.04. The van der Waals surface area contributed by atoms with Crippen LogP contribution in [-0.2, 0) is 0 Å². The predicted octanol–water partition coefficient (Wildman–Crippen LogP) is -0.0729. The molecule has 0 amide bonds. The largest absolute Gasteiger partial charge is 0.453 e. The Morgan fingerprint density at radius 1 is 1.85 bits per heavy atom. The normalized spacial score (nSPS) is 12.8. The maximum atomic E-state index is 10.3. The van der Waals surface area contributed by atoms with E-state index in [0.717, 1.165) is 0 Å². The summed E-state index contributed by atoms with van der Waals surface area (Å²) in [5, 5.41) is 12.2. The highest BCUT2D eigenvalue weighted by molar-refractivity contribution is 5.73. The van der Waals surface area contributed by atoms with Gasteiger partial charge in [-0.1, -0.05) is 0 Å². The van der Waals surface area contributed by atoms with Gasteiger partial charge in [0.25, 0.3) is 0 Å². The number of hydrogen-bond donors (Lipinski definition) is 3. The second-order valence-corrected chi connectivity index (χ2v) is 2.66. The number of aliphatic hydroxyl groups is 1. The molecule has 13 heavy (non-hydrogen) atoms.